The summed E-state index contributed by atoms with van der Waals surface area (Å²) >= 11 is 7.64. The van der Waals surface area contributed by atoms with Crippen LogP contribution in [-0.4, -0.2) is 47.8 Å². The van der Waals surface area contributed by atoms with Gasteiger partial charge in [-0.05, 0) is 37.7 Å². The Labute approximate surface area is 180 Å². The van der Waals surface area contributed by atoms with Gasteiger partial charge in [-0.2, -0.15) is 0 Å². The summed E-state index contributed by atoms with van der Waals surface area (Å²) in [5.74, 6) is 0.792. The lowest BCUT2D eigenvalue weighted by atomic mass is 10.0. The highest BCUT2D eigenvalue weighted by Gasteiger charge is 2.20. The molecule has 5 nitrogen and oxygen atoms in total. The molecule has 1 aromatic carbocycles. The summed E-state index contributed by atoms with van der Waals surface area (Å²) in [6.45, 7) is 10.2. The molecule has 0 saturated heterocycles. The predicted octanol–water partition coefficient (Wildman–Crippen LogP) is 4.62. The highest BCUT2D eigenvalue weighted by Crippen LogP contribution is 2.36. The maximum Gasteiger partial charge on any atom is 0.262 e. The van der Waals surface area contributed by atoms with Gasteiger partial charge >= 0.3 is 0 Å². The zero-order valence-corrected chi connectivity index (χ0v) is 19.1. The molecule has 7 heteroatoms. The number of aromatic nitrogens is 2. The van der Waals surface area contributed by atoms with Crippen LogP contribution in [0.4, 0.5) is 0 Å². The van der Waals surface area contributed by atoms with Crippen molar-refractivity contribution in [3.63, 3.8) is 0 Å². The molecule has 3 aromatic rings. The van der Waals surface area contributed by atoms with Gasteiger partial charge in [0, 0.05) is 42.1 Å². The second-order valence-electron chi connectivity index (χ2n) is 6.97. The Bertz CT molecular complexity index is 1020. The van der Waals surface area contributed by atoms with Crippen LogP contribution in [0.25, 0.3) is 21.3 Å². The smallest absolute Gasteiger partial charge is 0.262 e. The number of hydrogen-bond acceptors (Lipinski definition) is 5. The van der Waals surface area contributed by atoms with Gasteiger partial charge in [0.1, 0.15) is 10.7 Å². The van der Waals surface area contributed by atoms with Crippen molar-refractivity contribution < 1.29 is 4.74 Å². The van der Waals surface area contributed by atoms with E-state index in [2.05, 4.69) is 18.7 Å². The maximum atomic E-state index is 13.6. The molecule has 0 aliphatic carbocycles. The van der Waals surface area contributed by atoms with Crippen LogP contribution in [0, 0.1) is 6.92 Å². The number of hydrogen-bond donors (Lipinski definition) is 0. The normalized spacial score (nSPS) is 11.7. The third-order valence-electron chi connectivity index (χ3n) is 5.26. The SMILES string of the molecule is CCN(CC)CCn1c(CCOC)nc2sc(C)c(-c3ccc(Cl)cc3)c2c1=O. The maximum absolute atomic E-state index is 13.6. The minimum Gasteiger partial charge on any atom is -0.384 e. The summed E-state index contributed by atoms with van der Waals surface area (Å²) in [6.07, 6.45) is 0.618. The number of fused-ring (bicyclic) bond motifs is 1. The van der Waals surface area contributed by atoms with E-state index in [0.717, 1.165) is 46.3 Å². The second-order valence-corrected chi connectivity index (χ2v) is 8.61. The van der Waals surface area contributed by atoms with Gasteiger partial charge in [-0.1, -0.05) is 37.6 Å². The number of halogens is 1. The van der Waals surface area contributed by atoms with Crippen molar-refractivity contribution in [1.29, 1.82) is 0 Å². The van der Waals surface area contributed by atoms with Gasteiger partial charge in [-0.3, -0.25) is 9.36 Å². The summed E-state index contributed by atoms with van der Waals surface area (Å²) in [6, 6.07) is 7.66. The van der Waals surface area contributed by atoms with E-state index < -0.39 is 0 Å². The molecule has 0 N–H and O–H groups in total. The fourth-order valence-corrected chi connectivity index (χ4v) is 4.78. The van der Waals surface area contributed by atoms with E-state index in [9.17, 15) is 4.79 Å². The Morgan fingerprint density at radius 2 is 1.90 bits per heavy atom. The van der Waals surface area contributed by atoms with Gasteiger partial charge in [-0.25, -0.2) is 4.98 Å². The largest absolute Gasteiger partial charge is 0.384 e. The highest BCUT2D eigenvalue weighted by atomic mass is 35.5. The van der Waals surface area contributed by atoms with E-state index in [1.54, 1.807) is 18.4 Å². The monoisotopic (exact) mass is 433 g/mol. The molecule has 29 heavy (non-hydrogen) atoms. The van der Waals surface area contributed by atoms with E-state index in [1.807, 2.05) is 35.8 Å². The van der Waals surface area contributed by atoms with Crippen molar-refractivity contribution >= 4 is 33.2 Å². The van der Waals surface area contributed by atoms with Gasteiger partial charge in [0.05, 0.1) is 12.0 Å². The van der Waals surface area contributed by atoms with Crippen molar-refractivity contribution in [2.24, 2.45) is 0 Å². The summed E-state index contributed by atoms with van der Waals surface area (Å²) in [7, 11) is 1.67. The Morgan fingerprint density at radius 3 is 2.52 bits per heavy atom. The quantitative estimate of drug-likeness (QED) is 0.494. The first-order chi connectivity index (χ1) is 14.0. The van der Waals surface area contributed by atoms with E-state index in [0.29, 0.717) is 30.0 Å². The number of benzene rings is 1. The summed E-state index contributed by atoms with van der Waals surface area (Å²) in [5, 5.41) is 1.39. The van der Waals surface area contributed by atoms with Crippen LogP contribution in [0.5, 0.6) is 0 Å². The van der Waals surface area contributed by atoms with Crippen LogP contribution in [0.15, 0.2) is 29.1 Å². The second kappa shape index (κ2) is 9.85. The first kappa shape index (κ1) is 22.0. The number of methoxy groups -OCH3 is 1. The van der Waals surface area contributed by atoms with Crippen LogP contribution in [0.3, 0.4) is 0 Å². The Kier molecular flexibility index (Phi) is 7.46. The molecule has 2 aromatic heterocycles. The highest BCUT2D eigenvalue weighted by molar-refractivity contribution is 7.19. The molecule has 3 rings (SSSR count). The van der Waals surface area contributed by atoms with Crippen molar-refractivity contribution in [3.05, 3.63) is 50.3 Å². The molecule has 0 bridgehead atoms. The molecule has 0 amide bonds. The van der Waals surface area contributed by atoms with E-state index in [4.69, 9.17) is 21.3 Å². The topological polar surface area (TPSA) is 47.4 Å². The van der Waals surface area contributed by atoms with Crippen LogP contribution in [0.1, 0.15) is 24.5 Å². The number of thiophene rings is 1. The first-order valence-electron chi connectivity index (χ1n) is 10.00. The molecule has 0 radical (unpaired) electrons. The Morgan fingerprint density at radius 1 is 1.21 bits per heavy atom. The molecule has 0 spiro atoms. The van der Waals surface area contributed by atoms with Crippen molar-refractivity contribution in [2.75, 3.05) is 33.4 Å². The van der Waals surface area contributed by atoms with Crippen LogP contribution in [-0.2, 0) is 17.7 Å². The van der Waals surface area contributed by atoms with Gasteiger partial charge in [0.25, 0.3) is 5.56 Å². The van der Waals surface area contributed by atoms with Gasteiger partial charge in [-0.15, -0.1) is 11.3 Å². The van der Waals surface area contributed by atoms with Crippen LogP contribution >= 0.6 is 22.9 Å². The Hall–Kier alpha value is -1.73. The molecule has 156 valence electrons. The first-order valence-corrected chi connectivity index (χ1v) is 11.2. The van der Waals surface area contributed by atoms with Gasteiger partial charge in [0.2, 0.25) is 0 Å². The minimum atomic E-state index is 0.0301. The average Bonchev–Trinajstić information content (AvgIpc) is 3.05. The molecule has 0 atom stereocenters. The minimum absolute atomic E-state index is 0.0301. The van der Waals surface area contributed by atoms with E-state index in [1.165, 1.54) is 0 Å². The molecule has 0 unspecified atom stereocenters. The van der Waals surface area contributed by atoms with Crippen LogP contribution < -0.4 is 5.56 Å². The van der Waals surface area contributed by atoms with Crippen molar-refractivity contribution in [2.45, 2.75) is 33.7 Å². The van der Waals surface area contributed by atoms with Crippen LogP contribution in [0.2, 0.25) is 5.02 Å². The third kappa shape index (κ3) is 4.72. The van der Waals surface area contributed by atoms with E-state index in [-0.39, 0.29) is 5.56 Å². The van der Waals surface area contributed by atoms with Gasteiger partial charge in [0.15, 0.2) is 0 Å². The molecular formula is C22H28ClN3O2S. The molecular weight excluding hydrogens is 406 g/mol. The molecule has 0 fully saturated rings. The average molecular weight is 434 g/mol. The number of rotatable bonds is 9. The summed E-state index contributed by atoms with van der Waals surface area (Å²) < 4.78 is 7.09. The lowest BCUT2D eigenvalue weighted by Crippen LogP contribution is -2.33. The molecule has 0 aliphatic rings. The van der Waals surface area contributed by atoms with Crippen molar-refractivity contribution in [1.82, 2.24) is 14.5 Å². The number of likely N-dealkylation sites (N-methyl/N-ethyl adjacent to an activating group) is 1. The fraction of sp³-hybridized carbons (Fsp3) is 0.455. The Balaban J connectivity index is 2.15. The zero-order valence-electron chi connectivity index (χ0n) is 17.5. The molecule has 0 aliphatic heterocycles. The summed E-state index contributed by atoms with van der Waals surface area (Å²) in [4.78, 5) is 22.7. The lowest BCUT2D eigenvalue weighted by molar-refractivity contribution is 0.198. The number of ether oxygens (including phenoxy) is 1. The number of aryl methyl sites for hydroxylation is 1. The lowest BCUT2D eigenvalue weighted by Gasteiger charge is -2.20. The molecule has 0 saturated carbocycles. The number of nitrogens with zero attached hydrogens (tertiary/aromatic N) is 3. The molecule has 2 heterocycles. The standard InChI is InChI=1S/C22H28ClN3O2S/c1-5-25(6-2)12-13-26-18(11-14-28-4)24-21-20(22(26)27)19(15(3)29-21)16-7-9-17(23)10-8-16/h7-10H,5-6,11-14H2,1-4H3. The van der Waals surface area contributed by atoms with Crippen molar-refractivity contribution in [3.8, 4) is 11.1 Å². The third-order valence-corrected chi connectivity index (χ3v) is 6.51. The fourth-order valence-electron chi connectivity index (χ4n) is 3.60. The van der Waals surface area contributed by atoms with Gasteiger partial charge < -0.3 is 9.64 Å². The predicted molar refractivity (Wildman–Crippen MR) is 122 cm³/mol. The zero-order chi connectivity index (χ0) is 21.0. The summed E-state index contributed by atoms with van der Waals surface area (Å²) in [5.41, 5.74) is 1.99. The van der Waals surface area contributed by atoms with E-state index >= 15 is 0 Å².